The molecular weight excluding hydrogens is 1010 g/mol. The van der Waals surface area contributed by atoms with Gasteiger partial charge in [0.2, 0.25) is 0 Å². The van der Waals surface area contributed by atoms with E-state index in [-0.39, 0.29) is 10.8 Å². The molecule has 0 saturated carbocycles. The average molecular weight is 1070 g/mol. The summed E-state index contributed by atoms with van der Waals surface area (Å²) in [5.41, 5.74) is 24.4. The molecule has 4 nitrogen and oxygen atoms in total. The summed E-state index contributed by atoms with van der Waals surface area (Å²) in [6.07, 6.45) is 0. The lowest BCUT2D eigenvalue weighted by Gasteiger charge is -2.45. The summed E-state index contributed by atoms with van der Waals surface area (Å²) in [4.78, 5) is 4.80. The minimum atomic E-state index is -0.817. The first-order valence-electron chi connectivity index (χ1n) is 28.9. The van der Waals surface area contributed by atoms with E-state index in [4.69, 9.17) is 9.47 Å². The van der Waals surface area contributed by atoms with Gasteiger partial charge in [-0.25, -0.2) is 0 Å². The van der Waals surface area contributed by atoms with Crippen molar-refractivity contribution in [3.05, 3.63) is 324 Å². The molecule has 4 aliphatic rings. The molecule has 83 heavy (non-hydrogen) atoms. The van der Waals surface area contributed by atoms with Gasteiger partial charge in [0, 0.05) is 79.3 Å². The van der Waals surface area contributed by atoms with Crippen LogP contribution >= 0.6 is 0 Å². The first-order valence-corrected chi connectivity index (χ1v) is 28.9. The number of anilines is 6. The second kappa shape index (κ2) is 18.4. The smallest absolute Gasteiger partial charge is 0.134 e. The molecule has 1 spiro atoms. The predicted molar refractivity (Wildman–Crippen MR) is 340 cm³/mol. The first kappa shape index (κ1) is 48.7. The van der Waals surface area contributed by atoms with Gasteiger partial charge < -0.3 is 19.3 Å². The van der Waals surface area contributed by atoms with Gasteiger partial charge in [-0.1, -0.05) is 222 Å². The van der Waals surface area contributed by atoms with Crippen LogP contribution in [0.4, 0.5) is 34.1 Å². The fourth-order valence-electron chi connectivity index (χ4n) is 14.4. The summed E-state index contributed by atoms with van der Waals surface area (Å²) in [6, 6.07) is 102. The molecule has 0 N–H and O–H groups in total. The number of para-hydroxylation sites is 2. The van der Waals surface area contributed by atoms with E-state index in [1.165, 1.54) is 55.6 Å². The Morgan fingerprint density at radius 1 is 0.229 bits per heavy atom. The van der Waals surface area contributed by atoms with E-state index in [1.54, 1.807) is 0 Å². The monoisotopic (exact) mass is 1070 g/mol. The lowest BCUT2D eigenvalue weighted by molar-refractivity contribution is 0.399. The van der Waals surface area contributed by atoms with Crippen LogP contribution in [-0.2, 0) is 16.2 Å². The van der Waals surface area contributed by atoms with Gasteiger partial charge in [0.25, 0.3) is 0 Å². The normalized spacial score (nSPS) is 14.5. The molecule has 0 fully saturated rings. The number of nitrogens with zero attached hydrogens (tertiary/aromatic N) is 2. The van der Waals surface area contributed by atoms with Crippen molar-refractivity contribution < 1.29 is 9.47 Å². The average Bonchev–Trinajstić information content (AvgIpc) is 1.82. The zero-order valence-corrected chi connectivity index (χ0v) is 46.8. The van der Waals surface area contributed by atoms with E-state index < -0.39 is 5.41 Å². The molecule has 0 amide bonds. The molecule has 0 aromatic heterocycles. The molecule has 2 heterocycles. The molecule has 4 heteroatoms. The van der Waals surface area contributed by atoms with Gasteiger partial charge >= 0.3 is 0 Å². The van der Waals surface area contributed by atoms with Crippen LogP contribution in [0.3, 0.4) is 0 Å². The number of hydrogen-bond donors (Lipinski definition) is 0. The number of ether oxygens (including phenoxy) is 2. The van der Waals surface area contributed by atoms with Gasteiger partial charge in [-0.3, -0.25) is 0 Å². The molecule has 0 unspecified atom stereocenters. The molecule has 0 radical (unpaired) electrons. The van der Waals surface area contributed by atoms with Crippen molar-refractivity contribution in [2.24, 2.45) is 0 Å². The largest absolute Gasteiger partial charge is 0.457 e. The Morgan fingerprint density at radius 2 is 0.530 bits per heavy atom. The molecular formula is C79H58N2O2. The Kier molecular flexibility index (Phi) is 10.8. The van der Waals surface area contributed by atoms with Gasteiger partial charge in [0.15, 0.2) is 0 Å². The Bertz CT molecular complexity index is 4270. The third kappa shape index (κ3) is 7.38. The summed E-state index contributed by atoms with van der Waals surface area (Å²) in [6.45, 7) is 9.42. The number of benzene rings is 12. The van der Waals surface area contributed by atoms with E-state index >= 15 is 0 Å². The molecule has 2 aliphatic carbocycles. The highest BCUT2D eigenvalue weighted by molar-refractivity contribution is 5.90. The zero-order chi connectivity index (χ0) is 55.6. The summed E-state index contributed by atoms with van der Waals surface area (Å²) >= 11 is 0. The van der Waals surface area contributed by atoms with Crippen LogP contribution in [0.15, 0.2) is 279 Å². The molecule has 12 aromatic rings. The molecule has 16 rings (SSSR count). The highest BCUT2D eigenvalue weighted by Crippen LogP contribution is 2.63. The van der Waals surface area contributed by atoms with E-state index in [2.05, 4.69) is 317 Å². The van der Waals surface area contributed by atoms with E-state index in [0.717, 1.165) is 90.5 Å². The minimum Gasteiger partial charge on any atom is -0.457 e. The second-order valence-electron chi connectivity index (χ2n) is 23.6. The SMILES string of the molecule is CC1(C)c2ccccc2-c2ccc(N(c3ccc(-c4ccccc4)cc3)c3ccc4c(c3)Oc3cc(N(c5ccc(-c6ccccc6)cc5)c5ccc6c(c5)C(C)(C)c5ccccc5-6)ccc3C43c4ccccc4Oc4ccccc43)cc21. The zero-order valence-electron chi connectivity index (χ0n) is 46.8. The van der Waals surface area contributed by atoms with E-state index in [0.29, 0.717) is 0 Å². The van der Waals surface area contributed by atoms with Crippen molar-refractivity contribution in [2.75, 3.05) is 9.80 Å². The van der Waals surface area contributed by atoms with Gasteiger partial charge in [-0.05, 0) is 140 Å². The lowest BCUT2D eigenvalue weighted by atomic mass is 9.62. The van der Waals surface area contributed by atoms with Crippen molar-refractivity contribution in [1.82, 2.24) is 0 Å². The molecule has 2 aliphatic heterocycles. The highest BCUT2D eigenvalue weighted by atomic mass is 16.5. The Balaban J connectivity index is 0.901. The fraction of sp³-hybridized carbons (Fsp3) is 0.0886. The van der Waals surface area contributed by atoms with Crippen molar-refractivity contribution >= 4 is 34.1 Å². The van der Waals surface area contributed by atoms with Crippen LogP contribution in [0, 0.1) is 0 Å². The van der Waals surface area contributed by atoms with Crippen LogP contribution in [-0.4, -0.2) is 0 Å². The second-order valence-corrected chi connectivity index (χ2v) is 23.6. The molecule has 0 bridgehead atoms. The first-order chi connectivity index (χ1) is 40.6. The minimum absolute atomic E-state index is 0.194. The Labute approximate surface area is 485 Å². The molecule has 0 atom stereocenters. The summed E-state index contributed by atoms with van der Waals surface area (Å²) in [5, 5.41) is 0. The van der Waals surface area contributed by atoms with Crippen molar-refractivity contribution in [3.63, 3.8) is 0 Å². The number of hydrogen-bond acceptors (Lipinski definition) is 4. The standard InChI is InChI=1S/C79H58N2O2/c1-77(2)65-25-13-11-23-61(65)63-43-39-57(47-71(63)77)80(55-35-31-53(32-36-55)51-19-7-5-8-20-51)59-41-45-69-75(49-59)83-76-50-60(42-46-70(76)79(69)67-27-15-17-29-73(67)82-74-30-18-16-28-68(74)79)81(56-37-33-54(34-38-56)52-21-9-6-10-22-52)58-40-44-64-62-24-12-14-26-66(62)78(3,4)72(64)48-58/h5-50H,1-4H3. The maximum Gasteiger partial charge on any atom is 0.134 e. The Morgan fingerprint density at radius 3 is 0.964 bits per heavy atom. The van der Waals surface area contributed by atoms with Crippen LogP contribution in [0.2, 0.25) is 0 Å². The van der Waals surface area contributed by atoms with Gasteiger partial charge in [0.05, 0.1) is 5.41 Å². The third-order valence-electron chi connectivity index (χ3n) is 18.4. The quantitative estimate of drug-likeness (QED) is 0.151. The summed E-state index contributed by atoms with van der Waals surface area (Å²) < 4.78 is 14.5. The van der Waals surface area contributed by atoms with Crippen LogP contribution in [0.1, 0.15) is 72.2 Å². The van der Waals surface area contributed by atoms with Gasteiger partial charge in [-0.15, -0.1) is 0 Å². The highest BCUT2D eigenvalue weighted by Gasteiger charge is 2.51. The maximum atomic E-state index is 7.62. The van der Waals surface area contributed by atoms with Crippen molar-refractivity contribution in [1.29, 1.82) is 0 Å². The lowest BCUT2D eigenvalue weighted by Crippen LogP contribution is -2.37. The third-order valence-corrected chi connectivity index (χ3v) is 18.4. The van der Waals surface area contributed by atoms with Crippen molar-refractivity contribution in [3.8, 4) is 67.5 Å². The topological polar surface area (TPSA) is 24.9 Å². The molecule has 396 valence electrons. The number of rotatable bonds is 8. The molecule has 12 aromatic carbocycles. The van der Waals surface area contributed by atoms with Crippen LogP contribution in [0.5, 0.6) is 23.0 Å². The fourth-order valence-corrected chi connectivity index (χ4v) is 14.4. The predicted octanol–water partition coefficient (Wildman–Crippen LogP) is 21.2. The maximum absolute atomic E-state index is 7.62. The van der Waals surface area contributed by atoms with Crippen LogP contribution < -0.4 is 19.3 Å². The number of fused-ring (bicyclic) bond motifs is 14. The van der Waals surface area contributed by atoms with E-state index in [9.17, 15) is 0 Å². The van der Waals surface area contributed by atoms with Gasteiger partial charge in [-0.2, -0.15) is 0 Å². The Hall–Kier alpha value is -10.2. The van der Waals surface area contributed by atoms with E-state index in [1.807, 2.05) is 0 Å². The van der Waals surface area contributed by atoms with Crippen LogP contribution in [0.25, 0.3) is 44.5 Å². The summed E-state index contributed by atoms with van der Waals surface area (Å²) in [7, 11) is 0. The van der Waals surface area contributed by atoms with Crippen molar-refractivity contribution in [2.45, 2.75) is 43.9 Å². The summed E-state index contributed by atoms with van der Waals surface area (Å²) in [5.74, 6) is 3.19. The van der Waals surface area contributed by atoms with Gasteiger partial charge in [0.1, 0.15) is 23.0 Å². The molecule has 0 saturated heterocycles.